The summed E-state index contributed by atoms with van der Waals surface area (Å²) in [5, 5.41) is 14.1. The van der Waals surface area contributed by atoms with E-state index in [0.717, 1.165) is 50.3 Å². The van der Waals surface area contributed by atoms with Crippen molar-refractivity contribution in [2.24, 2.45) is 5.92 Å². The molecule has 0 aromatic heterocycles. The minimum absolute atomic E-state index is 0.0284. The summed E-state index contributed by atoms with van der Waals surface area (Å²) < 4.78 is 32.0. The van der Waals surface area contributed by atoms with Crippen LogP contribution in [-0.4, -0.2) is 24.4 Å². The van der Waals surface area contributed by atoms with Crippen molar-refractivity contribution in [2.75, 3.05) is 13.2 Å². The van der Waals surface area contributed by atoms with Gasteiger partial charge in [-0.3, -0.25) is 0 Å². The van der Waals surface area contributed by atoms with Crippen molar-refractivity contribution in [3.63, 3.8) is 0 Å². The van der Waals surface area contributed by atoms with Gasteiger partial charge in [-0.2, -0.15) is 0 Å². The van der Waals surface area contributed by atoms with Gasteiger partial charge >= 0.3 is 0 Å². The average Bonchev–Trinajstić information content (AvgIpc) is 2.70. The number of nitrogens with one attached hydrogen (secondary N) is 1. The third-order valence-corrected chi connectivity index (χ3v) is 5.79. The summed E-state index contributed by atoms with van der Waals surface area (Å²) >= 11 is 0. The van der Waals surface area contributed by atoms with Crippen LogP contribution in [0.25, 0.3) is 0 Å². The predicted molar refractivity (Wildman–Crippen MR) is 116 cm³/mol. The van der Waals surface area contributed by atoms with E-state index < -0.39 is 17.7 Å². The minimum atomic E-state index is -0.783. The molecule has 3 nitrogen and oxygen atoms in total. The fourth-order valence-corrected chi connectivity index (χ4v) is 4.37. The third kappa shape index (κ3) is 6.26. The second-order valence-corrected chi connectivity index (χ2v) is 8.89. The smallest absolute Gasteiger partial charge is 0.129 e. The highest BCUT2D eigenvalue weighted by Gasteiger charge is 2.34. The molecule has 2 aromatic rings. The molecule has 0 spiro atoms. The van der Waals surface area contributed by atoms with Gasteiger partial charge in [0.25, 0.3) is 0 Å². The molecule has 2 aromatic carbocycles. The summed E-state index contributed by atoms with van der Waals surface area (Å²) in [5.41, 5.74) is 2.46. The molecule has 1 aliphatic rings. The lowest BCUT2D eigenvalue weighted by atomic mass is 9.76. The van der Waals surface area contributed by atoms with Crippen molar-refractivity contribution in [1.29, 1.82) is 0 Å². The highest BCUT2D eigenvalue weighted by atomic mass is 19.1. The first-order valence-electron chi connectivity index (χ1n) is 11.0. The first-order chi connectivity index (χ1) is 14.4. The minimum Gasteiger partial charge on any atom is -0.491 e. The Bertz CT molecular complexity index is 798. The van der Waals surface area contributed by atoms with Crippen LogP contribution in [0.4, 0.5) is 8.78 Å². The van der Waals surface area contributed by atoms with E-state index in [-0.39, 0.29) is 17.9 Å². The summed E-state index contributed by atoms with van der Waals surface area (Å²) in [4.78, 5) is 0. The fourth-order valence-electron chi connectivity index (χ4n) is 4.37. The molecule has 0 radical (unpaired) electrons. The average molecular weight is 418 g/mol. The SMILES string of the molecule is CC(C)Cc1cccc(C2(NCC(O)COc3cc(F)cc(F)c3)CCCCC2)c1. The Morgan fingerprint density at radius 2 is 1.73 bits per heavy atom. The van der Waals surface area contributed by atoms with Crippen LogP contribution in [0.15, 0.2) is 42.5 Å². The van der Waals surface area contributed by atoms with Crippen LogP contribution < -0.4 is 10.1 Å². The molecule has 2 N–H and O–H groups in total. The number of hydrogen-bond donors (Lipinski definition) is 2. The van der Waals surface area contributed by atoms with Gasteiger partial charge in [0, 0.05) is 30.3 Å². The zero-order valence-corrected chi connectivity index (χ0v) is 18.0. The Labute approximate surface area is 178 Å². The number of aliphatic hydroxyl groups excluding tert-OH is 1. The lowest BCUT2D eigenvalue weighted by Gasteiger charge is -2.40. The van der Waals surface area contributed by atoms with Gasteiger partial charge in [-0.05, 0) is 36.3 Å². The van der Waals surface area contributed by atoms with Gasteiger partial charge in [0.1, 0.15) is 30.1 Å². The molecule has 5 heteroatoms. The van der Waals surface area contributed by atoms with Crippen molar-refractivity contribution in [3.8, 4) is 5.75 Å². The van der Waals surface area contributed by atoms with Crippen LogP contribution in [0, 0.1) is 17.6 Å². The Hall–Kier alpha value is -1.98. The number of benzene rings is 2. The highest BCUT2D eigenvalue weighted by Crippen LogP contribution is 2.37. The molecule has 1 fully saturated rings. The first-order valence-corrected chi connectivity index (χ1v) is 11.0. The number of ether oxygens (including phenoxy) is 1. The van der Waals surface area contributed by atoms with Gasteiger partial charge < -0.3 is 15.2 Å². The van der Waals surface area contributed by atoms with Crippen molar-refractivity contribution >= 4 is 0 Å². The normalized spacial score (nSPS) is 17.1. The molecule has 1 atom stereocenters. The van der Waals surface area contributed by atoms with Gasteiger partial charge in [-0.1, -0.05) is 57.4 Å². The molecule has 164 valence electrons. The quantitative estimate of drug-likeness (QED) is 0.578. The van der Waals surface area contributed by atoms with Crippen molar-refractivity contribution in [2.45, 2.75) is 64.0 Å². The molecule has 0 saturated heterocycles. The van der Waals surface area contributed by atoms with Crippen molar-refractivity contribution in [1.82, 2.24) is 5.32 Å². The lowest BCUT2D eigenvalue weighted by molar-refractivity contribution is 0.0897. The van der Waals surface area contributed by atoms with Crippen molar-refractivity contribution in [3.05, 3.63) is 65.2 Å². The van der Waals surface area contributed by atoms with Gasteiger partial charge in [0.15, 0.2) is 0 Å². The molecule has 30 heavy (non-hydrogen) atoms. The Morgan fingerprint density at radius 3 is 2.40 bits per heavy atom. The maximum atomic E-state index is 13.3. The Kier molecular flexibility index (Phi) is 7.84. The first kappa shape index (κ1) is 22.7. The molecule has 0 bridgehead atoms. The lowest BCUT2D eigenvalue weighted by Crippen LogP contribution is -2.48. The second-order valence-electron chi connectivity index (χ2n) is 8.89. The summed E-state index contributed by atoms with van der Waals surface area (Å²) in [6.07, 6.45) is 5.85. The molecule has 1 aliphatic carbocycles. The predicted octanol–water partition coefficient (Wildman–Crippen LogP) is 5.35. The molecule has 0 aliphatic heterocycles. The van der Waals surface area contributed by atoms with Crippen molar-refractivity contribution < 1.29 is 18.6 Å². The van der Waals surface area contributed by atoms with E-state index in [4.69, 9.17) is 4.74 Å². The largest absolute Gasteiger partial charge is 0.491 e. The van der Waals surface area contributed by atoms with E-state index in [1.807, 2.05) is 0 Å². The Balaban J connectivity index is 1.64. The molecular weight excluding hydrogens is 384 g/mol. The van der Waals surface area contributed by atoms with Crippen LogP contribution in [-0.2, 0) is 12.0 Å². The van der Waals surface area contributed by atoms with Crippen LogP contribution in [0.1, 0.15) is 57.1 Å². The van der Waals surface area contributed by atoms with Gasteiger partial charge in [0.05, 0.1) is 0 Å². The number of hydrogen-bond acceptors (Lipinski definition) is 3. The third-order valence-electron chi connectivity index (χ3n) is 5.79. The maximum Gasteiger partial charge on any atom is 0.129 e. The maximum absolute atomic E-state index is 13.3. The standard InChI is InChI=1S/C25H33F2NO2/c1-18(2)11-19-7-6-8-20(12-19)25(9-4-3-5-10-25)28-16-23(29)17-30-24-14-21(26)13-22(27)15-24/h6-8,12-15,18,23,28-29H,3-5,9-11,16-17H2,1-2H3. The molecule has 1 saturated carbocycles. The zero-order chi connectivity index (χ0) is 21.6. The van der Waals surface area contributed by atoms with E-state index in [9.17, 15) is 13.9 Å². The summed E-state index contributed by atoms with van der Waals surface area (Å²) in [6.45, 7) is 4.77. The zero-order valence-electron chi connectivity index (χ0n) is 18.0. The monoisotopic (exact) mass is 417 g/mol. The topological polar surface area (TPSA) is 41.5 Å². The molecule has 0 heterocycles. The van der Waals surface area contributed by atoms with Crippen LogP contribution >= 0.6 is 0 Å². The Morgan fingerprint density at radius 1 is 1.03 bits per heavy atom. The van der Waals surface area contributed by atoms with E-state index in [0.29, 0.717) is 12.5 Å². The summed E-state index contributed by atoms with van der Waals surface area (Å²) in [6, 6.07) is 11.8. The van der Waals surface area contributed by atoms with E-state index in [1.54, 1.807) is 0 Å². The highest BCUT2D eigenvalue weighted by molar-refractivity contribution is 5.31. The number of rotatable bonds is 9. The molecule has 0 amide bonds. The molecular formula is C25H33F2NO2. The summed E-state index contributed by atoms with van der Waals surface area (Å²) in [5.74, 6) is -0.706. The second kappa shape index (κ2) is 10.4. The van der Waals surface area contributed by atoms with E-state index >= 15 is 0 Å². The van der Waals surface area contributed by atoms with Gasteiger partial charge in [-0.25, -0.2) is 8.78 Å². The van der Waals surface area contributed by atoms with E-state index in [2.05, 4.69) is 43.4 Å². The van der Waals surface area contributed by atoms with Crippen LogP contribution in [0.2, 0.25) is 0 Å². The van der Waals surface area contributed by atoms with Crippen LogP contribution in [0.3, 0.4) is 0 Å². The molecule has 3 rings (SSSR count). The van der Waals surface area contributed by atoms with Gasteiger partial charge in [-0.15, -0.1) is 0 Å². The summed E-state index contributed by atoms with van der Waals surface area (Å²) in [7, 11) is 0. The number of halogens is 2. The fraction of sp³-hybridized carbons (Fsp3) is 0.520. The van der Waals surface area contributed by atoms with E-state index in [1.165, 1.54) is 17.5 Å². The van der Waals surface area contributed by atoms with Gasteiger partial charge in [0.2, 0.25) is 0 Å². The number of aliphatic hydroxyl groups is 1. The molecule has 1 unspecified atom stereocenters. The van der Waals surface area contributed by atoms with Crippen LogP contribution in [0.5, 0.6) is 5.75 Å².